The van der Waals surface area contributed by atoms with Crippen LogP contribution < -0.4 is 0 Å². The summed E-state index contributed by atoms with van der Waals surface area (Å²) in [5.41, 5.74) is 5.17. The number of hydrogen-bond donors (Lipinski definition) is 0. The lowest BCUT2D eigenvalue weighted by Gasteiger charge is -2.17. The van der Waals surface area contributed by atoms with E-state index in [0.717, 1.165) is 11.5 Å². The molecule has 0 aliphatic heterocycles. The minimum absolute atomic E-state index is 0.474. The van der Waals surface area contributed by atoms with E-state index in [2.05, 4.69) is 92.5 Å². The Bertz CT molecular complexity index is 885. The highest BCUT2D eigenvalue weighted by Gasteiger charge is 2.53. The Balaban J connectivity index is 1.78. The predicted octanol–water partition coefficient (Wildman–Crippen LogP) is 6.73. The van der Waals surface area contributed by atoms with Crippen LogP contribution in [0.4, 0.5) is 0 Å². The van der Waals surface area contributed by atoms with Gasteiger partial charge in [-0.1, -0.05) is 92.5 Å². The Morgan fingerprint density at radius 1 is 0.750 bits per heavy atom. The van der Waals surface area contributed by atoms with Gasteiger partial charge in [-0.15, -0.1) is 0 Å². The molecule has 0 N–H and O–H groups in total. The fourth-order valence-corrected chi connectivity index (χ4v) is 6.87. The standard InChI is InChI=1S/C21H16Br2O/c22-15-11-14-16-18(17(15)19(14)23)21(13-9-5-2-6-10-13)24-20(16)12-7-3-1-4-8-12/h1-10,14-15,17,19H,11H2/t14-,15+,17+,19-/m0/s1. The van der Waals surface area contributed by atoms with Crippen molar-refractivity contribution in [3.05, 3.63) is 71.8 Å². The van der Waals surface area contributed by atoms with Crippen LogP contribution in [-0.2, 0) is 0 Å². The van der Waals surface area contributed by atoms with Gasteiger partial charge in [0, 0.05) is 43.7 Å². The summed E-state index contributed by atoms with van der Waals surface area (Å²) in [5.74, 6) is 3.10. The van der Waals surface area contributed by atoms with Crippen molar-refractivity contribution >= 4 is 31.9 Å². The van der Waals surface area contributed by atoms with Gasteiger partial charge in [-0.05, 0) is 6.42 Å². The molecule has 2 bridgehead atoms. The van der Waals surface area contributed by atoms with Gasteiger partial charge in [-0.3, -0.25) is 0 Å². The molecule has 1 nitrogen and oxygen atoms in total. The fourth-order valence-electron chi connectivity index (χ4n) is 4.35. The molecule has 5 rings (SSSR count). The van der Waals surface area contributed by atoms with Crippen LogP contribution in [0.5, 0.6) is 0 Å². The summed E-state index contributed by atoms with van der Waals surface area (Å²) < 4.78 is 6.50. The summed E-state index contributed by atoms with van der Waals surface area (Å²) in [6, 6.07) is 21.0. The first-order valence-corrected chi connectivity index (χ1v) is 10.1. The molecule has 4 atom stereocenters. The van der Waals surface area contributed by atoms with Gasteiger partial charge in [0.05, 0.1) is 0 Å². The summed E-state index contributed by atoms with van der Waals surface area (Å²) in [6.07, 6.45) is 1.17. The van der Waals surface area contributed by atoms with Crippen molar-refractivity contribution in [2.75, 3.05) is 0 Å². The molecule has 1 fully saturated rings. The first-order valence-electron chi connectivity index (χ1n) is 8.31. The molecule has 1 saturated carbocycles. The van der Waals surface area contributed by atoms with Gasteiger partial charge in [0.15, 0.2) is 0 Å². The minimum atomic E-state index is 0.474. The van der Waals surface area contributed by atoms with Crippen molar-refractivity contribution in [2.45, 2.75) is 27.9 Å². The first-order chi connectivity index (χ1) is 11.8. The van der Waals surface area contributed by atoms with Gasteiger partial charge < -0.3 is 4.42 Å². The molecule has 0 spiro atoms. The third-order valence-electron chi connectivity index (χ3n) is 5.36. The van der Waals surface area contributed by atoms with Crippen LogP contribution in [0.2, 0.25) is 0 Å². The van der Waals surface area contributed by atoms with Crippen LogP contribution in [-0.4, -0.2) is 9.65 Å². The highest BCUT2D eigenvalue weighted by Crippen LogP contribution is 2.63. The van der Waals surface area contributed by atoms with E-state index in [1.807, 2.05) is 0 Å². The van der Waals surface area contributed by atoms with Crippen LogP contribution in [0.3, 0.4) is 0 Å². The topological polar surface area (TPSA) is 13.1 Å². The maximum absolute atomic E-state index is 6.50. The van der Waals surface area contributed by atoms with Crippen LogP contribution >= 0.6 is 31.9 Å². The van der Waals surface area contributed by atoms with E-state index in [4.69, 9.17) is 4.42 Å². The van der Waals surface area contributed by atoms with Gasteiger partial charge in [0.1, 0.15) is 11.5 Å². The highest BCUT2D eigenvalue weighted by molar-refractivity contribution is 9.10. The number of benzene rings is 2. The molecular formula is C21H16Br2O. The summed E-state index contributed by atoms with van der Waals surface area (Å²) in [4.78, 5) is 1.01. The van der Waals surface area contributed by atoms with E-state index < -0.39 is 0 Å². The number of alkyl halides is 2. The van der Waals surface area contributed by atoms with E-state index in [1.165, 1.54) is 28.7 Å². The van der Waals surface area contributed by atoms with E-state index >= 15 is 0 Å². The van der Waals surface area contributed by atoms with Crippen LogP contribution in [0.15, 0.2) is 65.1 Å². The molecule has 2 aliphatic carbocycles. The Hall–Kier alpha value is -1.32. The van der Waals surface area contributed by atoms with Crippen LogP contribution in [0.25, 0.3) is 22.6 Å². The van der Waals surface area contributed by atoms with Crippen LogP contribution in [0.1, 0.15) is 29.4 Å². The van der Waals surface area contributed by atoms with Gasteiger partial charge in [0.2, 0.25) is 0 Å². The second kappa shape index (κ2) is 5.60. The molecule has 0 saturated heterocycles. The normalized spacial score (nSPS) is 27.4. The average molecular weight is 444 g/mol. The third-order valence-corrected chi connectivity index (χ3v) is 7.51. The zero-order valence-corrected chi connectivity index (χ0v) is 16.1. The van der Waals surface area contributed by atoms with E-state index in [0.29, 0.717) is 21.5 Å². The number of hydrogen-bond acceptors (Lipinski definition) is 1. The van der Waals surface area contributed by atoms with Crippen molar-refractivity contribution in [1.82, 2.24) is 0 Å². The van der Waals surface area contributed by atoms with E-state index in [9.17, 15) is 0 Å². The Morgan fingerprint density at radius 2 is 1.29 bits per heavy atom. The SMILES string of the molecule is Br[C@@H]1[C@H]2c3c(-c4ccccc4)oc(-c4ccccc4)c3[C@@H]1C[C@H]2Br. The monoisotopic (exact) mass is 442 g/mol. The number of furan rings is 1. The smallest absolute Gasteiger partial charge is 0.138 e. The lowest BCUT2D eigenvalue weighted by Crippen LogP contribution is -2.10. The minimum Gasteiger partial charge on any atom is -0.455 e. The van der Waals surface area contributed by atoms with Crippen molar-refractivity contribution in [2.24, 2.45) is 0 Å². The molecule has 1 heterocycles. The Morgan fingerprint density at radius 3 is 1.88 bits per heavy atom. The second-order valence-corrected chi connectivity index (χ2v) is 8.88. The Kier molecular flexibility index (Phi) is 3.50. The summed E-state index contributed by atoms with van der Waals surface area (Å²) in [6.45, 7) is 0. The lowest BCUT2D eigenvalue weighted by atomic mass is 9.89. The number of fused-ring (bicyclic) bond motifs is 5. The molecule has 2 aliphatic rings. The summed E-state index contributed by atoms with van der Waals surface area (Å²) >= 11 is 7.88. The molecule has 1 aromatic heterocycles. The molecule has 0 amide bonds. The van der Waals surface area contributed by atoms with Gasteiger partial charge in [-0.25, -0.2) is 0 Å². The Labute approximate surface area is 158 Å². The second-order valence-electron chi connectivity index (χ2n) is 6.65. The summed E-state index contributed by atoms with van der Waals surface area (Å²) in [7, 11) is 0. The zero-order valence-electron chi connectivity index (χ0n) is 13.0. The van der Waals surface area contributed by atoms with Crippen molar-refractivity contribution in [3.63, 3.8) is 0 Å². The van der Waals surface area contributed by atoms with E-state index in [1.54, 1.807) is 0 Å². The molecular weight excluding hydrogens is 428 g/mol. The molecule has 24 heavy (non-hydrogen) atoms. The summed E-state index contributed by atoms with van der Waals surface area (Å²) in [5, 5.41) is 0. The first kappa shape index (κ1) is 15.0. The largest absolute Gasteiger partial charge is 0.455 e. The van der Waals surface area contributed by atoms with Gasteiger partial charge in [0.25, 0.3) is 0 Å². The molecule has 3 heteroatoms. The third kappa shape index (κ3) is 2.04. The van der Waals surface area contributed by atoms with Gasteiger partial charge >= 0.3 is 0 Å². The number of rotatable bonds is 2. The average Bonchev–Trinajstić information content (AvgIpc) is 3.23. The van der Waals surface area contributed by atoms with Crippen molar-refractivity contribution in [3.8, 4) is 22.6 Å². The molecule has 0 radical (unpaired) electrons. The maximum Gasteiger partial charge on any atom is 0.138 e. The predicted molar refractivity (Wildman–Crippen MR) is 105 cm³/mol. The molecule has 120 valence electrons. The zero-order chi connectivity index (χ0) is 16.3. The molecule has 3 aromatic rings. The van der Waals surface area contributed by atoms with Crippen molar-refractivity contribution < 1.29 is 4.42 Å². The molecule has 2 aromatic carbocycles. The van der Waals surface area contributed by atoms with Crippen molar-refractivity contribution in [1.29, 1.82) is 0 Å². The maximum atomic E-state index is 6.50. The molecule has 0 unspecified atom stereocenters. The quantitative estimate of drug-likeness (QED) is 0.400. The fraction of sp³-hybridized carbons (Fsp3) is 0.238. The van der Waals surface area contributed by atoms with Gasteiger partial charge in [-0.2, -0.15) is 0 Å². The lowest BCUT2D eigenvalue weighted by molar-refractivity contribution is 0.581. The highest BCUT2D eigenvalue weighted by atomic mass is 79.9. The number of halogens is 2. The van der Waals surface area contributed by atoms with Crippen LogP contribution in [0, 0.1) is 0 Å². The van der Waals surface area contributed by atoms with E-state index in [-0.39, 0.29) is 0 Å².